The van der Waals surface area contributed by atoms with E-state index in [9.17, 15) is 5.26 Å². The highest BCUT2D eigenvalue weighted by Gasteiger charge is 2.10. The molecule has 0 N–H and O–H groups in total. The van der Waals surface area contributed by atoms with Crippen molar-refractivity contribution < 1.29 is 0 Å². The van der Waals surface area contributed by atoms with Gasteiger partial charge in [-0.05, 0) is 25.5 Å². The minimum absolute atomic E-state index is 0.668. The Bertz CT molecular complexity index is 782. The lowest BCUT2D eigenvalue weighted by atomic mass is 10.1. The van der Waals surface area contributed by atoms with Crippen LogP contribution >= 0.6 is 23.1 Å². The molecule has 0 saturated carbocycles. The van der Waals surface area contributed by atoms with E-state index in [1.54, 1.807) is 23.1 Å². The highest BCUT2D eigenvalue weighted by Crippen LogP contribution is 2.27. The molecule has 3 rings (SSSR count). The number of nitriles is 1. The molecule has 0 bridgehead atoms. The molecule has 4 nitrogen and oxygen atoms in total. The minimum atomic E-state index is 0.668. The first-order valence-corrected chi connectivity index (χ1v) is 7.96. The number of nitrogens with zero attached hydrogens (tertiary/aromatic N) is 4. The van der Waals surface area contributed by atoms with Gasteiger partial charge in [0, 0.05) is 29.2 Å². The molecule has 0 fully saturated rings. The van der Waals surface area contributed by atoms with Crippen LogP contribution in [0.15, 0.2) is 28.9 Å². The lowest BCUT2D eigenvalue weighted by Gasteiger charge is -2.06. The molecule has 0 aromatic carbocycles. The maximum atomic E-state index is 9.25. The fourth-order valence-electron chi connectivity index (χ4n) is 2.03. The Morgan fingerprint density at radius 2 is 2.25 bits per heavy atom. The summed E-state index contributed by atoms with van der Waals surface area (Å²) in [5.74, 6) is 0.721. The van der Waals surface area contributed by atoms with Gasteiger partial charge >= 0.3 is 0 Å². The van der Waals surface area contributed by atoms with E-state index in [2.05, 4.69) is 16.0 Å². The summed E-state index contributed by atoms with van der Waals surface area (Å²) in [5, 5.41) is 12.1. The quantitative estimate of drug-likeness (QED) is 0.694. The molecule has 0 atom stereocenters. The van der Waals surface area contributed by atoms with Crippen molar-refractivity contribution in [1.29, 1.82) is 5.26 Å². The Hall–Kier alpha value is -1.84. The van der Waals surface area contributed by atoms with Gasteiger partial charge in [0.1, 0.15) is 11.1 Å². The molecule has 0 aliphatic heterocycles. The van der Waals surface area contributed by atoms with E-state index in [0.717, 1.165) is 32.7 Å². The molecule has 3 aromatic rings. The zero-order chi connectivity index (χ0) is 14.1. The second kappa shape index (κ2) is 5.27. The van der Waals surface area contributed by atoms with Crippen molar-refractivity contribution >= 4 is 28.1 Å². The average Bonchev–Trinajstić information content (AvgIpc) is 2.96. The van der Waals surface area contributed by atoms with E-state index in [-0.39, 0.29) is 0 Å². The third-order valence-electron chi connectivity index (χ3n) is 2.92. The van der Waals surface area contributed by atoms with Crippen molar-refractivity contribution in [3.8, 4) is 6.07 Å². The molecule has 20 heavy (non-hydrogen) atoms. The zero-order valence-corrected chi connectivity index (χ0v) is 12.8. The van der Waals surface area contributed by atoms with Crippen molar-refractivity contribution in [3.63, 3.8) is 0 Å². The Morgan fingerprint density at radius 1 is 1.40 bits per heavy atom. The van der Waals surface area contributed by atoms with E-state index >= 15 is 0 Å². The highest BCUT2D eigenvalue weighted by molar-refractivity contribution is 7.98. The summed E-state index contributed by atoms with van der Waals surface area (Å²) < 4.78 is 2.01. The van der Waals surface area contributed by atoms with Crippen LogP contribution in [0.1, 0.15) is 22.5 Å². The normalized spacial score (nSPS) is 10.8. The van der Waals surface area contributed by atoms with Gasteiger partial charge in [-0.2, -0.15) is 5.26 Å². The molecule has 0 aliphatic carbocycles. The van der Waals surface area contributed by atoms with Crippen LogP contribution in [0, 0.1) is 25.2 Å². The smallest absolute Gasteiger partial charge is 0.193 e. The van der Waals surface area contributed by atoms with Crippen LogP contribution in [0.5, 0.6) is 0 Å². The molecule has 3 heterocycles. The average molecular weight is 300 g/mol. The lowest BCUT2D eigenvalue weighted by Crippen LogP contribution is -1.94. The summed E-state index contributed by atoms with van der Waals surface area (Å²) in [7, 11) is 0. The number of rotatable bonds is 3. The summed E-state index contributed by atoms with van der Waals surface area (Å²) in [6.45, 7) is 3.90. The molecule has 0 aliphatic rings. The number of hydrogen-bond donors (Lipinski definition) is 0. The topological polar surface area (TPSA) is 54.0 Å². The monoisotopic (exact) mass is 300 g/mol. The Balaban J connectivity index is 1.85. The number of thiazole rings is 1. The summed E-state index contributed by atoms with van der Waals surface area (Å²) >= 11 is 3.18. The summed E-state index contributed by atoms with van der Waals surface area (Å²) in [6.07, 6.45) is 4.02. The van der Waals surface area contributed by atoms with Gasteiger partial charge in [-0.1, -0.05) is 11.8 Å². The third-order valence-corrected chi connectivity index (χ3v) is 4.70. The van der Waals surface area contributed by atoms with Crippen LogP contribution in [0.2, 0.25) is 0 Å². The van der Waals surface area contributed by atoms with Crippen molar-refractivity contribution in [2.24, 2.45) is 0 Å². The molecule has 0 amide bonds. The molecule has 0 spiro atoms. The van der Waals surface area contributed by atoms with Crippen LogP contribution < -0.4 is 0 Å². The van der Waals surface area contributed by atoms with Crippen LogP contribution in [0.3, 0.4) is 0 Å². The van der Waals surface area contributed by atoms with Gasteiger partial charge < -0.3 is 0 Å². The first-order valence-electron chi connectivity index (χ1n) is 6.09. The highest BCUT2D eigenvalue weighted by atomic mass is 32.2. The van der Waals surface area contributed by atoms with Crippen LogP contribution in [-0.4, -0.2) is 14.4 Å². The molecule has 0 saturated heterocycles. The number of hydrogen-bond acceptors (Lipinski definition) is 5. The van der Waals surface area contributed by atoms with Gasteiger partial charge in [0.15, 0.2) is 4.96 Å². The van der Waals surface area contributed by atoms with E-state index < -0.39 is 0 Å². The molecule has 6 heteroatoms. The van der Waals surface area contributed by atoms with E-state index in [0.29, 0.717) is 5.56 Å². The van der Waals surface area contributed by atoms with Crippen molar-refractivity contribution in [2.75, 3.05) is 0 Å². The molecule has 3 aromatic heterocycles. The minimum Gasteiger partial charge on any atom is -0.297 e. The number of imidazole rings is 1. The second-order valence-corrected chi connectivity index (χ2v) is 6.32. The van der Waals surface area contributed by atoms with E-state index in [4.69, 9.17) is 0 Å². The molecular weight excluding hydrogens is 288 g/mol. The second-order valence-electron chi connectivity index (χ2n) is 4.49. The molecule has 100 valence electrons. The molecule has 0 radical (unpaired) electrons. The maximum Gasteiger partial charge on any atom is 0.193 e. The lowest BCUT2D eigenvalue weighted by molar-refractivity contribution is 1.03. The van der Waals surface area contributed by atoms with Crippen molar-refractivity contribution in [2.45, 2.75) is 24.6 Å². The fourth-order valence-corrected chi connectivity index (χ4v) is 3.73. The Labute approximate surface area is 125 Å². The van der Waals surface area contributed by atoms with Gasteiger partial charge in [0.25, 0.3) is 0 Å². The van der Waals surface area contributed by atoms with Crippen LogP contribution in [-0.2, 0) is 5.75 Å². The predicted molar refractivity (Wildman–Crippen MR) is 81.1 cm³/mol. The fraction of sp³-hybridized carbons (Fsp3) is 0.214. The number of thioether (sulfide) groups is 1. The predicted octanol–water partition coefficient (Wildman–Crippen LogP) is 3.57. The van der Waals surface area contributed by atoms with Gasteiger partial charge in [-0.25, -0.2) is 9.97 Å². The van der Waals surface area contributed by atoms with Crippen molar-refractivity contribution in [1.82, 2.24) is 14.4 Å². The van der Waals surface area contributed by atoms with Gasteiger partial charge in [-0.3, -0.25) is 4.40 Å². The SMILES string of the molecule is Cc1cc(C)c(C#N)c(SCc2cn3ccsc3n2)n1. The Morgan fingerprint density at radius 3 is 3.00 bits per heavy atom. The number of aryl methyl sites for hydroxylation is 2. The van der Waals surface area contributed by atoms with Crippen molar-refractivity contribution in [3.05, 3.63) is 46.4 Å². The number of aromatic nitrogens is 3. The standard InChI is InChI=1S/C14H12N4S2/c1-9-5-10(2)16-13(12(9)6-15)20-8-11-7-18-3-4-19-14(18)17-11/h3-5,7H,8H2,1-2H3. The van der Waals surface area contributed by atoms with Gasteiger partial charge in [0.05, 0.1) is 11.3 Å². The summed E-state index contributed by atoms with van der Waals surface area (Å²) in [4.78, 5) is 10.0. The molecular formula is C14H12N4S2. The molecule has 0 unspecified atom stereocenters. The van der Waals surface area contributed by atoms with Gasteiger partial charge in [-0.15, -0.1) is 11.3 Å². The van der Waals surface area contributed by atoms with Crippen LogP contribution in [0.4, 0.5) is 0 Å². The first-order chi connectivity index (χ1) is 9.67. The number of fused-ring (bicyclic) bond motifs is 1. The maximum absolute atomic E-state index is 9.25. The van der Waals surface area contributed by atoms with E-state index in [1.807, 2.05) is 42.1 Å². The zero-order valence-electron chi connectivity index (χ0n) is 11.1. The summed E-state index contributed by atoms with van der Waals surface area (Å²) in [5.41, 5.74) is 3.59. The van der Waals surface area contributed by atoms with Crippen LogP contribution in [0.25, 0.3) is 4.96 Å². The summed E-state index contributed by atoms with van der Waals surface area (Å²) in [6, 6.07) is 4.18. The largest absolute Gasteiger partial charge is 0.297 e. The first kappa shape index (κ1) is 13.2. The Kier molecular flexibility index (Phi) is 3.47. The van der Waals surface area contributed by atoms with Gasteiger partial charge in [0.2, 0.25) is 0 Å². The third kappa shape index (κ3) is 2.42. The number of pyridine rings is 1. The van der Waals surface area contributed by atoms with E-state index in [1.165, 1.54) is 0 Å².